The van der Waals surface area contributed by atoms with Crippen LogP contribution < -0.4 is 0 Å². The zero-order valence-corrected chi connectivity index (χ0v) is 8.89. The van der Waals surface area contributed by atoms with Crippen molar-refractivity contribution >= 4 is 5.57 Å². The fourth-order valence-corrected chi connectivity index (χ4v) is 2.71. The molecule has 0 spiro atoms. The monoisotopic (exact) mass is 200 g/mol. The van der Waals surface area contributed by atoms with E-state index in [9.17, 15) is 0 Å². The van der Waals surface area contributed by atoms with Gasteiger partial charge in [0.2, 0.25) is 0 Å². The number of nitrogens with zero attached hydrogens (tertiary/aromatic N) is 2. The fourth-order valence-electron chi connectivity index (χ4n) is 2.71. The second kappa shape index (κ2) is 3.78. The van der Waals surface area contributed by atoms with Crippen LogP contribution in [-0.4, -0.2) is 29.5 Å². The van der Waals surface area contributed by atoms with Gasteiger partial charge in [-0.25, -0.2) is 0 Å². The molecule has 0 saturated carbocycles. The van der Waals surface area contributed by atoms with Gasteiger partial charge in [-0.3, -0.25) is 9.88 Å². The Balaban J connectivity index is 1.95. The van der Waals surface area contributed by atoms with Crippen molar-refractivity contribution in [3.05, 3.63) is 36.2 Å². The summed E-state index contributed by atoms with van der Waals surface area (Å²) >= 11 is 0. The predicted octanol–water partition coefficient (Wildman–Crippen LogP) is 2.19. The number of allylic oxidation sites excluding steroid dienone is 1. The van der Waals surface area contributed by atoms with Crippen LogP contribution in [0.4, 0.5) is 0 Å². The normalized spacial score (nSPS) is 29.7. The quantitative estimate of drug-likeness (QED) is 0.691. The molecule has 0 unspecified atom stereocenters. The summed E-state index contributed by atoms with van der Waals surface area (Å²) in [6.07, 6.45) is 8.89. The molecule has 0 aromatic carbocycles. The predicted molar refractivity (Wildman–Crippen MR) is 61.4 cm³/mol. The first-order valence-corrected chi connectivity index (χ1v) is 5.76. The van der Waals surface area contributed by atoms with E-state index >= 15 is 0 Å². The molecule has 0 radical (unpaired) electrons. The molecule has 1 fully saturated rings. The molecule has 15 heavy (non-hydrogen) atoms. The van der Waals surface area contributed by atoms with Crippen LogP contribution in [0.2, 0.25) is 0 Å². The maximum Gasteiger partial charge on any atom is 0.0343 e. The molecule has 0 aliphatic carbocycles. The number of fused-ring (bicyclic) bond motifs is 3. The van der Waals surface area contributed by atoms with E-state index in [-0.39, 0.29) is 0 Å². The Hall–Kier alpha value is -1.15. The lowest BCUT2D eigenvalue weighted by atomic mass is 9.87. The highest BCUT2D eigenvalue weighted by molar-refractivity contribution is 5.67. The maximum atomic E-state index is 4.22. The minimum absolute atomic E-state index is 0.771. The third-order valence-electron chi connectivity index (χ3n) is 3.59. The van der Waals surface area contributed by atoms with Gasteiger partial charge in [-0.2, -0.15) is 0 Å². The van der Waals surface area contributed by atoms with Crippen LogP contribution in [0.1, 0.15) is 18.4 Å². The van der Waals surface area contributed by atoms with Crippen molar-refractivity contribution in [3.63, 3.8) is 0 Å². The van der Waals surface area contributed by atoms with Crippen molar-refractivity contribution in [3.8, 4) is 0 Å². The van der Waals surface area contributed by atoms with Crippen molar-refractivity contribution in [2.75, 3.05) is 19.6 Å². The molecule has 3 aliphatic heterocycles. The van der Waals surface area contributed by atoms with Gasteiger partial charge in [0.25, 0.3) is 0 Å². The molecule has 4 heterocycles. The van der Waals surface area contributed by atoms with Crippen LogP contribution in [0, 0.1) is 5.92 Å². The van der Waals surface area contributed by atoms with E-state index < -0.39 is 0 Å². The van der Waals surface area contributed by atoms with E-state index in [0.29, 0.717) is 0 Å². The summed E-state index contributed by atoms with van der Waals surface area (Å²) in [5.41, 5.74) is 2.86. The molecule has 78 valence electrons. The summed E-state index contributed by atoms with van der Waals surface area (Å²) in [5, 5.41) is 0. The van der Waals surface area contributed by atoms with Gasteiger partial charge >= 0.3 is 0 Å². The molecular formula is C13H16N2. The van der Waals surface area contributed by atoms with Gasteiger partial charge in [0.1, 0.15) is 0 Å². The molecule has 1 aromatic rings. The summed E-state index contributed by atoms with van der Waals surface area (Å²) < 4.78 is 0. The number of hydrogen-bond donors (Lipinski definition) is 0. The lowest BCUT2D eigenvalue weighted by Gasteiger charge is -2.28. The van der Waals surface area contributed by atoms with E-state index in [2.05, 4.69) is 22.0 Å². The lowest BCUT2D eigenvalue weighted by molar-refractivity contribution is 0.236. The molecule has 0 atom stereocenters. The van der Waals surface area contributed by atoms with E-state index in [1.165, 1.54) is 37.1 Å². The van der Waals surface area contributed by atoms with Gasteiger partial charge in [0, 0.05) is 18.9 Å². The number of aromatic nitrogens is 1. The second-order valence-corrected chi connectivity index (χ2v) is 4.48. The molecule has 3 aliphatic rings. The second-order valence-electron chi connectivity index (χ2n) is 4.48. The summed E-state index contributed by atoms with van der Waals surface area (Å²) in [5.74, 6) is 0.771. The van der Waals surface area contributed by atoms with Gasteiger partial charge in [0.15, 0.2) is 0 Å². The molecule has 0 amide bonds. The molecule has 2 bridgehead atoms. The Morgan fingerprint density at radius 2 is 2.13 bits per heavy atom. The Labute approximate surface area is 90.6 Å². The Kier molecular flexibility index (Phi) is 2.29. The highest BCUT2D eigenvalue weighted by Crippen LogP contribution is 2.34. The molecule has 4 rings (SSSR count). The van der Waals surface area contributed by atoms with Crippen molar-refractivity contribution < 1.29 is 0 Å². The fraction of sp³-hybridized carbons (Fsp3) is 0.462. The van der Waals surface area contributed by atoms with Crippen molar-refractivity contribution in [2.24, 2.45) is 5.92 Å². The zero-order chi connectivity index (χ0) is 10.1. The van der Waals surface area contributed by atoms with Crippen LogP contribution in [0.15, 0.2) is 30.6 Å². The van der Waals surface area contributed by atoms with E-state index in [1.807, 2.05) is 18.5 Å². The molecule has 1 aromatic heterocycles. The minimum atomic E-state index is 0.771. The molecular weight excluding hydrogens is 184 g/mol. The van der Waals surface area contributed by atoms with Crippen LogP contribution >= 0.6 is 0 Å². The molecule has 0 N–H and O–H groups in total. The zero-order valence-electron chi connectivity index (χ0n) is 8.89. The Bertz CT molecular complexity index is 361. The summed E-state index contributed by atoms with van der Waals surface area (Å²) in [4.78, 5) is 6.76. The van der Waals surface area contributed by atoms with Gasteiger partial charge in [0.05, 0.1) is 0 Å². The number of piperidine rings is 1. The maximum absolute atomic E-state index is 4.22. The van der Waals surface area contributed by atoms with Crippen molar-refractivity contribution in [1.29, 1.82) is 0 Å². The van der Waals surface area contributed by atoms with Gasteiger partial charge in [-0.1, -0.05) is 12.1 Å². The largest absolute Gasteiger partial charge is 0.300 e. The molecule has 2 heteroatoms. The van der Waals surface area contributed by atoms with E-state index in [1.54, 1.807) is 0 Å². The first-order valence-electron chi connectivity index (χ1n) is 5.76. The Morgan fingerprint density at radius 3 is 2.87 bits per heavy atom. The summed E-state index contributed by atoms with van der Waals surface area (Å²) in [6.45, 7) is 3.66. The van der Waals surface area contributed by atoms with Crippen LogP contribution in [-0.2, 0) is 0 Å². The number of rotatable bonds is 1. The van der Waals surface area contributed by atoms with Crippen molar-refractivity contribution in [1.82, 2.24) is 9.88 Å². The van der Waals surface area contributed by atoms with Crippen LogP contribution in [0.5, 0.6) is 0 Å². The Morgan fingerprint density at radius 1 is 1.27 bits per heavy atom. The van der Waals surface area contributed by atoms with E-state index in [4.69, 9.17) is 0 Å². The highest BCUT2D eigenvalue weighted by atomic mass is 15.1. The minimum Gasteiger partial charge on any atom is -0.300 e. The molecule has 2 nitrogen and oxygen atoms in total. The third kappa shape index (κ3) is 1.70. The van der Waals surface area contributed by atoms with Gasteiger partial charge < -0.3 is 0 Å². The summed E-state index contributed by atoms with van der Waals surface area (Å²) in [7, 11) is 0. The van der Waals surface area contributed by atoms with E-state index in [0.717, 1.165) is 12.5 Å². The van der Waals surface area contributed by atoms with Gasteiger partial charge in [-0.05, 0) is 49.1 Å². The first-order chi connectivity index (χ1) is 7.43. The number of pyridine rings is 1. The topological polar surface area (TPSA) is 16.1 Å². The summed E-state index contributed by atoms with van der Waals surface area (Å²) in [6, 6.07) is 4.22. The van der Waals surface area contributed by atoms with Crippen LogP contribution in [0.3, 0.4) is 0 Å². The average molecular weight is 200 g/mol. The smallest absolute Gasteiger partial charge is 0.0343 e. The van der Waals surface area contributed by atoms with Gasteiger partial charge in [-0.15, -0.1) is 0 Å². The molecule has 1 saturated heterocycles. The highest BCUT2D eigenvalue weighted by Gasteiger charge is 2.25. The number of hydrogen-bond acceptors (Lipinski definition) is 2. The van der Waals surface area contributed by atoms with Crippen molar-refractivity contribution in [2.45, 2.75) is 12.8 Å². The lowest BCUT2D eigenvalue weighted by Crippen LogP contribution is -2.31. The first kappa shape index (κ1) is 9.10. The standard InChI is InChI=1S/C13H16N2/c1-2-12(10-14-6-1)13-5-9-15-7-3-11(13)4-8-15/h1-2,5-6,10-11H,3-4,7-9H2. The third-order valence-corrected chi connectivity index (χ3v) is 3.59. The SMILES string of the molecule is C1=C(c2cccnc2)C2CCN(C1)CC2. The van der Waals surface area contributed by atoms with Crippen LogP contribution in [0.25, 0.3) is 5.57 Å². The average Bonchev–Trinajstić information content (AvgIpc) is 2.63.